The Kier molecular flexibility index (Phi) is 7.40. The molecule has 3 aromatic rings. The van der Waals surface area contributed by atoms with Gasteiger partial charge in [-0.1, -0.05) is 30.3 Å². The minimum atomic E-state index is 0.117. The molecular formula is C28H30N2O3. The van der Waals surface area contributed by atoms with Gasteiger partial charge in [0.2, 0.25) is 0 Å². The number of carbonyl (C=O) groups excluding carboxylic acids is 1. The third-order valence-electron chi connectivity index (χ3n) is 5.89. The summed E-state index contributed by atoms with van der Waals surface area (Å²) >= 11 is 0. The van der Waals surface area contributed by atoms with E-state index < -0.39 is 0 Å². The Morgan fingerprint density at radius 1 is 0.970 bits per heavy atom. The number of carbonyl (C=O) groups is 1. The third kappa shape index (κ3) is 5.80. The van der Waals surface area contributed by atoms with E-state index in [1.807, 2.05) is 84.8 Å². The minimum Gasteiger partial charge on any atom is -0.493 e. The van der Waals surface area contributed by atoms with E-state index in [-0.39, 0.29) is 5.91 Å². The molecule has 0 bridgehead atoms. The maximum atomic E-state index is 12.6. The molecule has 4 rings (SSSR count). The lowest BCUT2D eigenvalue weighted by Crippen LogP contribution is -2.35. The van der Waals surface area contributed by atoms with Crippen molar-refractivity contribution in [3.8, 4) is 11.5 Å². The molecule has 3 aromatic carbocycles. The molecule has 5 heteroatoms. The molecule has 1 heterocycles. The lowest BCUT2D eigenvalue weighted by molar-refractivity contribution is 0.0724. The topological polar surface area (TPSA) is 51.1 Å². The first-order chi connectivity index (χ1) is 16.1. The number of rotatable bonds is 7. The number of aliphatic imine (C=N–C) groups is 1. The molecule has 0 N–H and O–H groups in total. The van der Waals surface area contributed by atoms with Gasteiger partial charge in [0.25, 0.3) is 5.91 Å². The molecule has 0 atom stereocenters. The van der Waals surface area contributed by atoms with Crippen molar-refractivity contribution in [3.63, 3.8) is 0 Å². The van der Waals surface area contributed by atoms with Gasteiger partial charge in [0.1, 0.15) is 6.61 Å². The van der Waals surface area contributed by atoms with Crippen LogP contribution in [0.1, 0.15) is 46.3 Å². The van der Waals surface area contributed by atoms with E-state index in [0.717, 1.165) is 53.9 Å². The number of amides is 1. The van der Waals surface area contributed by atoms with Gasteiger partial charge in [0.05, 0.1) is 12.8 Å². The molecule has 5 nitrogen and oxygen atoms in total. The van der Waals surface area contributed by atoms with E-state index >= 15 is 0 Å². The number of likely N-dealkylation sites (tertiary alicyclic amines) is 1. The van der Waals surface area contributed by atoms with Crippen LogP contribution in [0.4, 0.5) is 5.69 Å². The van der Waals surface area contributed by atoms with Gasteiger partial charge < -0.3 is 14.4 Å². The van der Waals surface area contributed by atoms with E-state index in [2.05, 4.69) is 4.99 Å². The van der Waals surface area contributed by atoms with E-state index in [0.29, 0.717) is 18.1 Å². The van der Waals surface area contributed by atoms with Crippen molar-refractivity contribution in [3.05, 3.63) is 89.0 Å². The molecule has 0 aromatic heterocycles. The van der Waals surface area contributed by atoms with Crippen LogP contribution in [0.15, 0.2) is 71.7 Å². The van der Waals surface area contributed by atoms with Gasteiger partial charge in [-0.05, 0) is 79.3 Å². The number of aryl methyl sites for hydroxylation is 1. The largest absolute Gasteiger partial charge is 0.493 e. The fraction of sp³-hybridized carbons (Fsp3) is 0.286. The molecule has 1 saturated heterocycles. The molecule has 0 saturated carbocycles. The Balaban J connectivity index is 1.38. The quantitative estimate of drug-likeness (QED) is 0.424. The van der Waals surface area contributed by atoms with Gasteiger partial charge in [0.15, 0.2) is 11.5 Å². The maximum absolute atomic E-state index is 12.6. The Hall–Kier alpha value is -3.60. The van der Waals surface area contributed by atoms with Crippen molar-refractivity contribution in [2.45, 2.75) is 32.8 Å². The number of piperidine rings is 1. The fourth-order valence-corrected chi connectivity index (χ4v) is 3.92. The Labute approximate surface area is 195 Å². The predicted octanol–water partition coefficient (Wildman–Crippen LogP) is 5.96. The number of ether oxygens (including phenoxy) is 2. The molecule has 0 radical (unpaired) electrons. The highest BCUT2D eigenvalue weighted by molar-refractivity contribution is 5.94. The first-order valence-electron chi connectivity index (χ1n) is 11.4. The molecule has 0 aliphatic carbocycles. The van der Waals surface area contributed by atoms with Gasteiger partial charge in [0, 0.05) is 24.9 Å². The van der Waals surface area contributed by atoms with Gasteiger partial charge >= 0.3 is 0 Å². The summed E-state index contributed by atoms with van der Waals surface area (Å²) in [5, 5.41) is 0. The molecule has 1 fully saturated rings. The monoisotopic (exact) mass is 442 g/mol. The molecule has 33 heavy (non-hydrogen) atoms. The lowest BCUT2D eigenvalue weighted by Gasteiger charge is -2.26. The minimum absolute atomic E-state index is 0.117. The van der Waals surface area contributed by atoms with E-state index in [4.69, 9.17) is 9.47 Å². The number of methoxy groups -OCH3 is 1. The Morgan fingerprint density at radius 3 is 2.45 bits per heavy atom. The van der Waals surface area contributed by atoms with Gasteiger partial charge in [-0.3, -0.25) is 9.79 Å². The highest BCUT2D eigenvalue weighted by Crippen LogP contribution is 2.29. The average Bonchev–Trinajstić information content (AvgIpc) is 2.87. The maximum Gasteiger partial charge on any atom is 0.253 e. The van der Waals surface area contributed by atoms with Crippen LogP contribution in [0.25, 0.3) is 0 Å². The molecule has 0 unspecified atom stereocenters. The van der Waals surface area contributed by atoms with Crippen LogP contribution in [0.5, 0.6) is 11.5 Å². The lowest BCUT2D eigenvalue weighted by atomic mass is 10.1. The summed E-state index contributed by atoms with van der Waals surface area (Å²) in [5.74, 6) is 1.44. The smallest absolute Gasteiger partial charge is 0.253 e. The predicted molar refractivity (Wildman–Crippen MR) is 132 cm³/mol. The normalized spacial score (nSPS) is 13.8. The van der Waals surface area contributed by atoms with Crippen molar-refractivity contribution >= 4 is 17.8 Å². The zero-order chi connectivity index (χ0) is 23.0. The molecule has 1 amide bonds. The summed E-state index contributed by atoms with van der Waals surface area (Å²) < 4.78 is 11.5. The summed E-state index contributed by atoms with van der Waals surface area (Å²) in [6.45, 7) is 4.15. The molecular weight excluding hydrogens is 412 g/mol. The molecule has 1 aliphatic heterocycles. The third-order valence-corrected chi connectivity index (χ3v) is 5.89. The summed E-state index contributed by atoms with van der Waals surface area (Å²) in [4.78, 5) is 19.2. The average molecular weight is 443 g/mol. The van der Waals surface area contributed by atoms with Crippen LogP contribution in [0.3, 0.4) is 0 Å². The second-order valence-corrected chi connectivity index (χ2v) is 8.29. The highest BCUT2D eigenvalue weighted by atomic mass is 16.5. The van der Waals surface area contributed by atoms with Crippen molar-refractivity contribution in [2.24, 2.45) is 4.99 Å². The van der Waals surface area contributed by atoms with E-state index in [1.54, 1.807) is 7.11 Å². The van der Waals surface area contributed by atoms with Crippen LogP contribution in [0, 0.1) is 6.92 Å². The van der Waals surface area contributed by atoms with Crippen molar-refractivity contribution in [2.75, 3.05) is 20.2 Å². The number of nitrogens with zero attached hydrogens (tertiary/aromatic N) is 2. The first-order valence-corrected chi connectivity index (χ1v) is 11.4. The van der Waals surface area contributed by atoms with Crippen LogP contribution >= 0.6 is 0 Å². The van der Waals surface area contributed by atoms with Gasteiger partial charge in [-0.2, -0.15) is 0 Å². The van der Waals surface area contributed by atoms with Crippen LogP contribution in [-0.4, -0.2) is 37.2 Å². The van der Waals surface area contributed by atoms with E-state index in [1.165, 1.54) is 6.42 Å². The summed E-state index contributed by atoms with van der Waals surface area (Å²) in [7, 11) is 1.63. The number of benzene rings is 3. The molecule has 0 spiro atoms. The summed E-state index contributed by atoms with van der Waals surface area (Å²) in [6.07, 6.45) is 5.22. The number of para-hydroxylation sites is 1. The second-order valence-electron chi connectivity index (χ2n) is 8.29. The molecule has 1 aliphatic rings. The van der Waals surface area contributed by atoms with E-state index in [9.17, 15) is 4.79 Å². The van der Waals surface area contributed by atoms with Gasteiger partial charge in [-0.15, -0.1) is 0 Å². The zero-order valence-corrected chi connectivity index (χ0v) is 19.3. The zero-order valence-electron chi connectivity index (χ0n) is 19.3. The Morgan fingerprint density at radius 2 is 1.73 bits per heavy atom. The highest BCUT2D eigenvalue weighted by Gasteiger charge is 2.18. The first kappa shape index (κ1) is 22.6. The van der Waals surface area contributed by atoms with Crippen molar-refractivity contribution < 1.29 is 14.3 Å². The summed E-state index contributed by atoms with van der Waals surface area (Å²) in [6, 6.07) is 21.5. The number of hydrogen-bond donors (Lipinski definition) is 0. The molecule has 170 valence electrons. The standard InChI is InChI=1S/C28H30N2O3/c1-21-8-4-5-9-25(21)29-19-23-12-15-26(27(18-23)32-2)33-20-22-10-13-24(14-11-22)28(31)30-16-6-3-7-17-30/h4-5,8-15,18-19H,3,6-7,16-17,20H2,1-2H3. The van der Waals surface area contributed by atoms with Crippen molar-refractivity contribution in [1.29, 1.82) is 0 Å². The van der Waals surface area contributed by atoms with Crippen LogP contribution < -0.4 is 9.47 Å². The van der Waals surface area contributed by atoms with Crippen LogP contribution in [-0.2, 0) is 6.61 Å². The summed E-state index contributed by atoms with van der Waals surface area (Å²) in [5.41, 5.74) is 4.74. The second kappa shape index (κ2) is 10.8. The van der Waals surface area contributed by atoms with Crippen LogP contribution in [0.2, 0.25) is 0 Å². The number of hydrogen-bond acceptors (Lipinski definition) is 4. The Bertz CT molecular complexity index is 1120. The van der Waals surface area contributed by atoms with Crippen molar-refractivity contribution in [1.82, 2.24) is 4.90 Å². The fourth-order valence-electron chi connectivity index (χ4n) is 3.92. The van der Waals surface area contributed by atoms with Gasteiger partial charge in [-0.25, -0.2) is 0 Å². The SMILES string of the molecule is COc1cc(C=Nc2ccccc2C)ccc1OCc1ccc(C(=O)N2CCCCC2)cc1.